The third-order valence-corrected chi connectivity index (χ3v) is 4.18. The monoisotopic (exact) mass is 354 g/mol. The van der Waals surface area contributed by atoms with Crippen LogP contribution in [0.15, 0.2) is 54.6 Å². The molecule has 0 bridgehead atoms. The van der Waals surface area contributed by atoms with Crippen molar-refractivity contribution in [2.75, 3.05) is 31.5 Å². The van der Waals surface area contributed by atoms with Gasteiger partial charge >= 0.3 is 6.03 Å². The Labute approximate surface area is 150 Å². The Bertz CT molecular complexity index is 817. The fourth-order valence-corrected chi connectivity index (χ4v) is 2.78. The van der Waals surface area contributed by atoms with Crippen LogP contribution in [0.25, 0.3) is 0 Å². The molecule has 0 unspecified atom stereocenters. The molecule has 26 heavy (non-hydrogen) atoms. The SMILES string of the molecule is O=C(Nc1cccc([N+](=O)[O-])c1)N1CCN(C(=O)c2ccccc2)CC1. The molecule has 0 saturated carbocycles. The van der Waals surface area contributed by atoms with Crippen LogP contribution >= 0.6 is 0 Å². The maximum atomic E-state index is 12.4. The van der Waals surface area contributed by atoms with Gasteiger partial charge in [-0.15, -0.1) is 0 Å². The van der Waals surface area contributed by atoms with E-state index in [-0.39, 0.29) is 17.6 Å². The molecule has 134 valence electrons. The zero-order chi connectivity index (χ0) is 18.5. The van der Waals surface area contributed by atoms with Crippen LogP contribution in [0.5, 0.6) is 0 Å². The molecule has 0 atom stereocenters. The summed E-state index contributed by atoms with van der Waals surface area (Å²) < 4.78 is 0. The third kappa shape index (κ3) is 3.97. The molecule has 0 spiro atoms. The molecule has 1 saturated heterocycles. The number of nitrogens with one attached hydrogen (secondary N) is 1. The summed E-state index contributed by atoms with van der Waals surface area (Å²) in [7, 11) is 0. The number of carbonyl (C=O) groups excluding carboxylic acids is 2. The van der Waals surface area contributed by atoms with E-state index in [1.807, 2.05) is 18.2 Å². The Balaban J connectivity index is 1.56. The highest BCUT2D eigenvalue weighted by Crippen LogP contribution is 2.18. The van der Waals surface area contributed by atoms with Gasteiger partial charge in [0.2, 0.25) is 0 Å². The second kappa shape index (κ2) is 7.64. The number of hydrogen-bond acceptors (Lipinski definition) is 4. The van der Waals surface area contributed by atoms with Gasteiger partial charge in [0.05, 0.1) is 4.92 Å². The minimum absolute atomic E-state index is 0.0515. The van der Waals surface area contributed by atoms with E-state index in [0.29, 0.717) is 37.4 Å². The summed E-state index contributed by atoms with van der Waals surface area (Å²) in [6.07, 6.45) is 0. The lowest BCUT2D eigenvalue weighted by atomic mass is 10.2. The number of nitrogens with zero attached hydrogens (tertiary/aromatic N) is 3. The van der Waals surface area contributed by atoms with Gasteiger partial charge < -0.3 is 15.1 Å². The Morgan fingerprint density at radius 3 is 2.23 bits per heavy atom. The lowest BCUT2D eigenvalue weighted by molar-refractivity contribution is -0.384. The summed E-state index contributed by atoms with van der Waals surface area (Å²) in [6.45, 7) is 1.69. The third-order valence-electron chi connectivity index (χ3n) is 4.18. The predicted molar refractivity (Wildman–Crippen MR) is 96.0 cm³/mol. The predicted octanol–water partition coefficient (Wildman–Crippen LogP) is 2.58. The highest BCUT2D eigenvalue weighted by molar-refractivity contribution is 5.94. The molecular weight excluding hydrogens is 336 g/mol. The molecule has 1 aliphatic heterocycles. The molecule has 8 heteroatoms. The van der Waals surface area contributed by atoms with E-state index in [0.717, 1.165) is 0 Å². The molecule has 0 aliphatic carbocycles. The minimum Gasteiger partial charge on any atom is -0.335 e. The van der Waals surface area contributed by atoms with Crippen LogP contribution in [0.3, 0.4) is 0 Å². The fraction of sp³-hybridized carbons (Fsp3) is 0.222. The number of non-ortho nitro benzene ring substituents is 1. The van der Waals surface area contributed by atoms with Gasteiger partial charge in [0.1, 0.15) is 0 Å². The van der Waals surface area contributed by atoms with E-state index in [9.17, 15) is 19.7 Å². The first kappa shape index (κ1) is 17.4. The topological polar surface area (TPSA) is 95.8 Å². The fourth-order valence-electron chi connectivity index (χ4n) is 2.78. The second-order valence-electron chi connectivity index (χ2n) is 5.88. The lowest BCUT2D eigenvalue weighted by Crippen LogP contribution is -2.51. The van der Waals surface area contributed by atoms with Crippen molar-refractivity contribution in [3.63, 3.8) is 0 Å². The second-order valence-corrected chi connectivity index (χ2v) is 5.88. The maximum absolute atomic E-state index is 12.4. The molecule has 2 aromatic rings. The minimum atomic E-state index is -0.510. The summed E-state index contributed by atoms with van der Waals surface area (Å²) in [5, 5.41) is 13.5. The van der Waals surface area contributed by atoms with E-state index < -0.39 is 4.92 Å². The van der Waals surface area contributed by atoms with E-state index in [4.69, 9.17) is 0 Å². The number of hydrogen-bond donors (Lipinski definition) is 1. The number of anilines is 1. The standard InChI is InChI=1S/C18H18N4O4/c23-17(14-5-2-1-3-6-14)20-9-11-21(12-10-20)18(24)19-15-7-4-8-16(13-15)22(25)26/h1-8,13H,9-12H2,(H,19,24). The number of piperazine rings is 1. The van der Waals surface area contributed by atoms with Crippen molar-refractivity contribution in [1.82, 2.24) is 9.80 Å². The first-order valence-electron chi connectivity index (χ1n) is 8.19. The van der Waals surface area contributed by atoms with Gasteiger partial charge in [-0.25, -0.2) is 4.79 Å². The van der Waals surface area contributed by atoms with Gasteiger partial charge in [0.25, 0.3) is 11.6 Å². The molecule has 3 amide bonds. The first-order chi connectivity index (χ1) is 12.5. The van der Waals surface area contributed by atoms with Crippen LogP contribution < -0.4 is 5.32 Å². The molecule has 0 aromatic heterocycles. The smallest absolute Gasteiger partial charge is 0.321 e. The van der Waals surface area contributed by atoms with Gasteiger partial charge in [0, 0.05) is 49.6 Å². The van der Waals surface area contributed by atoms with Crippen LogP contribution in [0.2, 0.25) is 0 Å². The number of carbonyl (C=O) groups is 2. The summed E-state index contributed by atoms with van der Waals surface area (Å²) in [5.74, 6) is -0.0515. The Hall–Kier alpha value is -3.42. The van der Waals surface area contributed by atoms with Crippen LogP contribution in [0.1, 0.15) is 10.4 Å². The van der Waals surface area contributed by atoms with Crippen molar-refractivity contribution in [3.05, 3.63) is 70.3 Å². The highest BCUT2D eigenvalue weighted by Gasteiger charge is 2.25. The number of amides is 3. The van der Waals surface area contributed by atoms with Crippen molar-refractivity contribution in [2.45, 2.75) is 0 Å². The number of nitro benzene ring substituents is 1. The van der Waals surface area contributed by atoms with Crippen LogP contribution in [0, 0.1) is 10.1 Å². The van der Waals surface area contributed by atoms with E-state index in [1.54, 1.807) is 28.0 Å². The maximum Gasteiger partial charge on any atom is 0.321 e. The lowest BCUT2D eigenvalue weighted by Gasteiger charge is -2.34. The first-order valence-corrected chi connectivity index (χ1v) is 8.19. The molecule has 1 heterocycles. The van der Waals surface area contributed by atoms with Gasteiger partial charge in [-0.1, -0.05) is 24.3 Å². The molecule has 1 fully saturated rings. The van der Waals surface area contributed by atoms with Crippen molar-refractivity contribution in [2.24, 2.45) is 0 Å². The van der Waals surface area contributed by atoms with Gasteiger partial charge in [-0.2, -0.15) is 0 Å². The van der Waals surface area contributed by atoms with Gasteiger partial charge in [-0.3, -0.25) is 14.9 Å². The number of rotatable bonds is 3. The number of benzene rings is 2. The summed E-state index contributed by atoms with van der Waals surface area (Å²) in [5.41, 5.74) is 0.912. The van der Waals surface area contributed by atoms with Crippen molar-refractivity contribution in [3.8, 4) is 0 Å². The molecule has 3 rings (SSSR count). The summed E-state index contributed by atoms with van der Waals surface area (Å²) in [4.78, 5) is 38.3. The van der Waals surface area contributed by atoms with E-state index in [2.05, 4.69) is 5.32 Å². The molecule has 2 aromatic carbocycles. The van der Waals surface area contributed by atoms with Crippen molar-refractivity contribution < 1.29 is 14.5 Å². The average molecular weight is 354 g/mol. The molecule has 1 aliphatic rings. The van der Waals surface area contributed by atoms with Crippen molar-refractivity contribution in [1.29, 1.82) is 0 Å². The Kier molecular flexibility index (Phi) is 5.12. The average Bonchev–Trinajstić information content (AvgIpc) is 2.68. The number of nitro groups is 1. The van der Waals surface area contributed by atoms with Crippen LogP contribution in [-0.2, 0) is 0 Å². The summed E-state index contributed by atoms with van der Waals surface area (Å²) >= 11 is 0. The molecule has 1 N–H and O–H groups in total. The van der Waals surface area contributed by atoms with Crippen LogP contribution in [0.4, 0.5) is 16.2 Å². The zero-order valence-electron chi connectivity index (χ0n) is 14.0. The highest BCUT2D eigenvalue weighted by atomic mass is 16.6. The number of urea groups is 1. The normalized spacial score (nSPS) is 14.0. The van der Waals surface area contributed by atoms with Crippen LogP contribution in [-0.4, -0.2) is 52.8 Å². The van der Waals surface area contributed by atoms with E-state index in [1.165, 1.54) is 18.2 Å². The quantitative estimate of drug-likeness (QED) is 0.677. The Morgan fingerprint density at radius 1 is 0.923 bits per heavy atom. The zero-order valence-corrected chi connectivity index (χ0v) is 14.0. The van der Waals surface area contributed by atoms with E-state index >= 15 is 0 Å². The molecular formula is C18H18N4O4. The Morgan fingerprint density at radius 2 is 1.58 bits per heavy atom. The summed E-state index contributed by atoms with van der Waals surface area (Å²) in [6, 6.07) is 14.5. The molecule has 8 nitrogen and oxygen atoms in total. The van der Waals surface area contributed by atoms with Gasteiger partial charge in [-0.05, 0) is 18.2 Å². The molecule has 0 radical (unpaired) electrons. The van der Waals surface area contributed by atoms with Gasteiger partial charge in [0.15, 0.2) is 0 Å². The largest absolute Gasteiger partial charge is 0.335 e. The van der Waals surface area contributed by atoms with Crippen molar-refractivity contribution >= 4 is 23.3 Å².